The minimum absolute atomic E-state index is 0.00673. The first kappa shape index (κ1) is 9.65. The Hall–Kier alpha value is 0.650. The lowest BCUT2D eigenvalue weighted by Gasteiger charge is -2.14. The van der Waals surface area contributed by atoms with Crippen LogP contribution >= 0.6 is 34.5 Å². The second-order valence-corrected chi connectivity index (χ2v) is 3.26. The van der Waals surface area contributed by atoms with Gasteiger partial charge in [0.25, 0.3) is 0 Å². The molecule has 0 aliphatic heterocycles. The van der Waals surface area contributed by atoms with Gasteiger partial charge in [-0.15, -0.1) is 11.6 Å². The summed E-state index contributed by atoms with van der Waals surface area (Å²) in [6.07, 6.45) is 0. The molecule has 0 aromatic rings. The Morgan fingerprint density at radius 2 is 2.22 bits per heavy atom. The van der Waals surface area contributed by atoms with Crippen LogP contribution in [-0.2, 0) is 0 Å². The van der Waals surface area contributed by atoms with Crippen molar-refractivity contribution in [2.24, 2.45) is 0 Å². The van der Waals surface area contributed by atoms with Gasteiger partial charge in [-0.2, -0.15) is 0 Å². The van der Waals surface area contributed by atoms with Crippen molar-refractivity contribution < 1.29 is 0 Å². The van der Waals surface area contributed by atoms with Crippen molar-refractivity contribution in [2.45, 2.75) is 25.3 Å². The van der Waals surface area contributed by atoms with Crippen molar-refractivity contribution in [3.8, 4) is 0 Å². The maximum absolute atomic E-state index is 7.23. The molecule has 2 nitrogen and oxygen atoms in total. The first-order chi connectivity index (χ1) is 4.09. The van der Waals surface area contributed by atoms with Crippen LogP contribution in [-0.4, -0.2) is 17.1 Å². The van der Waals surface area contributed by atoms with E-state index in [1.807, 2.05) is 29.8 Å². The van der Waals surface area contributed by atoms with Crippen LogP contribution in [0.3, 0.4) is 0 Å². The molecule has 0 amide bonds. The molecule has 2 N–H and O–H groups in total. The Kier molecular flexibility index (Phi) is 4.79. The molecule has 54 valence electrons. The number of hydrogen-bond donors (Lipinski definition) is 2. The van der Waals surface area contributed by atoms with E-state index in [9.17, 15) is 0 Å². The maximum atomic E-state index is 7.23. The van der Waals surface area contributed by atoms with Gasteiger partial charge in [0.2, 0.25) is 0 Å². The van der Waals surface area contributed by atoms with Gasteiger partial charge in [-0.1, -0.05) is 0 Å². The standard InChI is InChI=1S/C5H10ClIN2/c1-3(6)5(9-7)4(2)8/h3,5,8-9H,1-2H3/t3?,5-/m1/s1. The first-order valence-electron chi connectivity index (χ1n) is 2.65. The average Bonchev–Trinajstić information content (AvgIpc) is 1.64. The Morgan fingerprint density at radius 3 is 2.22 bits per heavy atom. The zero-order chi connectivity index (χ0) is 7.44. The summed E-state index contributed by atoms with van der Waals surface area (Å²) in [6, 6.07) is 0.00673. The maximum Gasteiger partial charge on any atom is 0.0696 e. The van der Waals surface area contributed by atoms with Crippen LogP contribution in [0.5, 0.6) is 0 Å². The van der Waals surface area contributed by atoms with E-state index in [2.05, 4.69) is 3.53 Å². The number of hydrogen-bond acceptors (Lipinski definition) is 2. The number of rotatable bonds is 3. The molecule has 0 spiro atoms. The molecular formula is C5H10ClIN2. The van der Waals surface area contributed by atoms with Crippen LogP contribution < -0.4 is 3.53 Å². The fraction of sp³-hybridized carbons (Fsp3) is 0.800. The minimum Gasteiger partial charge on any atom is -0.308 e. The van der Waals surface area contributed by atoms with E-state index in [4.69, 9.17) is 17.0 Å². The van der Waals surface area contributed by atoms with E-state index in [0.29, 0.717) is 5.71 Å². The van der Waals surface area contributed by atoms with E-state index in [1.54, 1.807) is 6.92 Å². The molecule has 1 unspecified atom stereocenters. The van der Waals surface area contributed by atoms with Crippen LogP contribution in [0.25, 0.3) is 0 Å². The van der Waals surface area contributed by atoms with Crippen molar-refractivity contribution in [2.75, 3.05) is 0 Å². The van der Waals surface area contributed by atoms with Crippen LogP contribution in [0.1, 0.15) is 13.8 Å². The number of nitrogens with one attached hydrogen (secondary N) is 2. The lowest BCUT2D eigenvalue weighted by atomic mass is 10.1. The highest BCUT2D eigenvalue weighted by atomic mass is 127. The molecule has 4 heteroatoms. The quantitative estimate of drug-likeness (QED) is 0.346. The van der Waals surface area contributed by atoms with Gasteiger partial charge in [-0.25, -0.2) is 0 Å². The summed E-state index contributed by atoms with van der Waals surface area (Å²) in [7, 11) is 0. The number of alkyl halides is 1. The van der Waals surface area contributed by atoms with E-state index in [0.717, 1.165) is 0 Å². The van der Waals surface area contributed by atoms with Crippen molar-refractivity contribution in [1.82, 2.24) is 3.53 Å². The lowest BCUT2D eigenvalue weighted by Crippen LogP contribution is -2.35. The molecule has 0 aliphatic rings. The number of halogens is 2. The molecule has 0 fully saturated rings. The molecule has 0 radical (unpaired) electrons. The normalized spacial score (nSPS) is 16.9. The molecule has 0 aromatic carbocycles. The topological polar surface area (TPSA) is 35.9 Å². The van der Waals surface area contributed by atoms with Crippen LogP contribution in [0.2, 0.25) is 0 Å². The average molecular weight is 261 g/mol. The van der Waals surface area contributed by atoms with Gasteiger partial charge in [0.05, 0.1) is 11.4 Å². The van der Waals surface area contributed by atoms with E-state index in [-0.39, 0.29) is 11.4 Å². The lowest BCUT2D eigenvalue weighted by molar-refractivity contribution is 0.788. The van der Waals surface area contributed by atoms with Crippen LogP contribution in [0.4, 0.5) is 0 Å². The van der Waals surface area contributed by atoms with E-state index >= 15 is 0 Å². The second kappa shape index (κ2) is 4.46. The summed E-state index contributed by atoms with van der Waals surface area (Å²) in [6.45, 7) is 3.62. The second-order valence-electron chi connectivity index (χ2n) is 1.95. The van der Waals surface area contributed by atoms with Gasteiger partial charge < -0.3 is 5.41 Å². The Morgan fingerprint density at radius 1 is 1.78 bits per heavy atom. The Labute approximate surface area is 74.4 Å². The summed E-state index contributed by atoms with van der Waals surface area (Å²) in [5.41, 5.74) is 0.576. The monoisotopic (exact) mass is 260 g/mol. The first-order valence-corrected chi connectivity index (χ1v) is 4.16. The molecule has 0 aromatic heterocycles. The minimum atomic E-state index is -0.0144. The van der Waals surface area contributed by atoms with Crippen molar-refractivity contribution >= 4 is 40.2 Å². The predicted octanol–water partition coefficient (Wildman–Crippen LogP) is 1.96. The predicted molar refractivity (Wildman–Crippen MR) is 49.7 cm³/mol. The highest BCUT2D eigenvalue weighted by Crippen LogP contribution is 2.03. The molecule has 0 saturated heterocycles. The third kappa shape index (κ3) is 3.37. The van der Waals surface area contributed by atoms with Gasteiger partial charge in [-0.3, -0.25) is 3.53 Å². The summed E-state index contributed by atoms with van der Waals surface area (Å²) in [5, 5.41) is 7.22. The fourth-order valence-corrected chi connectivity index (χ4v) is 1.98. The summed E-state index contributed by atoms with van der Waals surface area (Å²) in [5.74, 6) is 0. The molecule has 9 heavy (non-hydrogen) atoms. The third-order valence-corrected chi connectivity index (χ3v) is 1.97. The van der Waals surface area contributed by atoms with Gasteiger partial charge in [-0.05, 0) is 13.8 Å². The summed E-state index contributed by atoms with van der Waals surface area (Å²) >= 11 is 7.74. The van der Waals surface area contributed by atoms with Gasteiger partial charge in [0.1, 0.15) is 0 Å². The largest absolute Gasteiger partial charge is 0.308 e. The van der Waals surface area contributed by atoms with Crippen molar-refractivity contribution in [3.63, 3.8) is 0 Å². The van der Waals surface area contributed by atoms with E-state index in [1.165, 1.54) is 0 Å². The van der Waals surface area contributed by atoms with Crippen LogP contribution in [0.15, 0.2) is 0 Å². The zero-order valence-corrected chi connectivity index (χ0v) is 8.32. The molecular weight excluding hydrogens is 250 g/mol. The fourth-order valence-electron chi connectivity index (χ4n) is 0.513. The Bertz CT molecular complexity index is 105. The summed E-state index contributed by atoms with van der Waals surface area (Å²) in [4.78, 5) is 0. The Balaban J connectivity index is 3.83. The molecule has 0 aliphatic carbocycles. The van der Waals surface area contributed by atoms with Crippen LogP contribution in [0, 0.1) is 5.41 Å². The highest BCUT2D eigenvalue weighted by molar-refractivity contribution is 14.1. The van der Waals surface area contributed by atoms with Crippen molar-refractivity contribution in [3.05, 3.63) is 0 Å². The molecule has 0 rings (SSSR count). The third-order valence-electron chi connectivity index (χ3n) is 1.04. The molecule has 0 bridgehead atoms. The zero-order valence-electron chi connectivity index (χ0n) is 5.41. The van der Waals surface area contributed by atoms with Gasteiger partial charge in [0.15, 0.2) is 0 Å². The SMILES string of the molecule is CC(=N)[C@H](NI)C(C)Cl. The molecule has 2 atom stereocenters. The highest BCUT2D eigenvalue weighted by Gasteiger charge is 2.14. The molecule has 0 heterocycles. The van der Waals surface area contributed by atoms with E-state index < -0.39 is 0 Å². The van der Waals surface area contributed by atoms with Crippen molar-refractivity contribution in [1.29, 1.82) is 5.41 Å². The van der Waals surface area contributed by atoms with Gasteiger partial charge >= 0.3 is 0 Å². The summed E-state index contributed by atoms with van der Waals surface area (Å²) < 4.78 is 2.91. The smallest absolute Gasteiger partial charge is 0.0696 e. The van der Waals surface area contributed by atoms with Gasteiger partial charge in [0, 0.05) is 28.6 Å². The molecule has 0 saturated carbocycles.